The van der Waals surface area contributed by atoms with Gasteiger partial charge in [-0.1, -0.05) is 36.2 Å². The van der Waals surface area contributed by atoms with Crippen molar-refractivity contribution in [2.24, 2.45) is 5.41 Å². The number of methoxy groups -OCH3 is 1. The summed E-state index contributed by atoms with van der Waals surface area (Å²) < 4.78 is 11.3. The summed E-state index contributed by atoms with van der Waals surface area (Å²) in [4.78, 5) is 53.6. The van der Waals surface area contributed by atoms with Crippen LogP contribution in [0.5, 0.6) is 11.5 Å². The van der Waals surface area contributed by atoms with Crippen molar-refractivity contribution in [3.05, 3.63) is 88.7 Å². The van der Waals surface area contributed by atoms with E-state index < -0.39 is 17.5 Å². The normalized spacial score (nSPS) is 19.9. The van der Waals surface area contributed by atoms with Crippen LogP contribution in [0.25, 0.3) is 16.6 Å². The highest BCUT2D eigenvalue weighted by atomic mass is 35.5. The zero-order valence-corrected chi connectivity index (χ0v) is 30.2. The van der Waals surface area contributed by atoms with Gasteiger partial charge in [0.25, 0.3) is 0 Å². The first-order chi connectivity index (χ1) is 25.1. The number of piperazine rings is 2. The Labute approximate surface area is 307 Å². The van der Waals surface area contributed by atoms with Crippen molar-refractivity contribution in [3.8, 4) is 11.5 Å². The van der Waals surface area contributed by atoms with Crippen LogP contribution in [0, 0.1) is 5.41 Å². The zero-order chi connectivity index (χ0) is 36.4. The Morgan fingerprint density at radius 3 is 2.38 bits per heavy atom. The summed E-state index contributed by atoms with van der Waals surface area (Å²) in [5, 5.41) is 11.0. The van der Waals surface area contributed by atoms with Crippen LogP contribution in [0.1, 0.15) is 42.1 Å². The Morgan fingerprint density at radius 1 is 0.942 bits per heavy atom. The number of aromatic amines is 1. The molecule has 1 aliphatic carbocycles. The fourth-order valence-corrected chi connectivity index (χ4v) is 7.79. The van der Waals surface area contributed by atoms with Crippen LogP contribution in [-0.4, -0.2) is 114 Å². The summed E-state index contributed by atoms with van der Waals surface area (Å²) in [7, 11) is 1.35. The number of rotatable bonds is 8. The largest absolute Gasteiger partial charge is 0.465 e. The van der Waals surface area contributed by atoms with E-state index in [1.807, 2.05) is 47.5 Å². The van der Waals surface area contributed by atoms with Gasteiger partial charge in [-0.3, -0.25) is 9.69 Å². The molecule has 272 valence electrons. The first-order valence-corrected chi connectivity index (χ1v) is 18.0. The number of carbonyl (C=O) groups excluding carboxylic acids is 2. The lowest BCUT2D eigenvalue weighted by molar-refractivity contribution is -0.143. The maximum absolute atomic E-state index is 14.0. The van der Waals surface area contributed by atoms with Crippen molar-refractivity contribution in [1.82, 2.24) is 24.7 Å². The minimum atomic E-state index is -0.941. The van der Waals surface area contributed by atoms with Crippen LogP contribution in [0.2, 0.25) is 5.02 Å². The van der Waals surface area contributed by atoms with E-state index in [4.69, 9.17) is 21.1 Å². The van der Waals surface area contributed by atoms with Crippen LogP contribution >= 0.6 is 11.6 Å². The molecule has 2 aliphatic heterocycles. The van der Waals surface area contributed by atoms with Gasteiger partial charge >= 0.3 is 12.1 Å². The van der Waals surface area contributed by atoms with Crippen molar-refractivity contribution >= 4 is 51.9 Å². The molecule has 2 aromatic heterocycles. The first kappa shape index (κ1) is 35.3. The molecule has 12 nitrogen and oxygen atoms in total. The van der Waals surface area contributed by atoms with Gasteiger partial charge < -0.3 is 34.3 Å². The van der Waals surface area contributed by atoms with E-state index in [0.717, 1.165) is 67.8 Å². The lowest BCUT2D eigenvalue weighted by Gasteiger charge is -2.43. The Hall–Kier alpha value is -5.07. The molecule has 2 amide bonds. The Bertz CT molecular complexity index is 2000. The second-order valence-electron chi connectivity index (χ2n) is 14.0. The van der Waals surface area contributed by atoms with E-state index in [-0.39, 0.29) is 5.91 Å². The number of carbonyl (C=O) groups is 3. The molecule has 2 fully saturated rings. The standard InChI is InChI=1S/C39H43ClN6O6/c1-39(37(48)45-17-19-46(20-18-45)38(49)50)11-9-32(26-3-5-29(40)6-4-26)28(23-39)25-43-13-15-44(16-14-43)30-7-8-33(36(47)51-2)34(22-30)52-31-21-27-10-12-41-35(27)42-24-31/h3-8,10,12,21-22,24H,9,11,13-20,23,25H2,1-2H3,(H,41,42)(H,49,50). The average molecular weight is 727 g/mol. The van der Waals surface area contributed by atoms with Crippen LogP contribution in [0.15, 0.2) is 72.6 Å². The topological polar surface area (TPSA) is 132 Å². The summed E-state index contributed by atoms with van der Waals surface area (Å²) in [5.41, 5.74) is 5.12. The highest BCUT2D eigenvalue weighted by molar-refractivity contribution is 6.30. The molecule has 1 atom stereocenters. The summed E-state index contributed by atoms with van der Waals surface area (Å²) in [6.07, 6.45) is 4.64. The first-order valence-electron chi connectivity index (χ1n) is 17.6. The molecule has 0 spiro atoms. The number of fused-ring (bicyclic) bond motifs is 1. The third-order valence-corrected chi connectivity index (χ3v) is 10.9. The van der Waals surface area contributed by atoms with E-state index in [0.29, 0.717) is 54.7 Å². The lowest BCUT2D eigenvalue weighted by atomic mass is 9.70. The second kappa shape index (κ2) is 14.9. The number of benzene rings is 2. The maximum atomic E-state index is 14.0. The van der Waals surface area contributed by atoms with Gasteiger partial charge in [-0.05, 0) is 66.8 Å². The third kappa shape index (κ3) is 7.44. The summed E-state index contributed by atoms with van der Waals surface area (Å²) in [6.45, 7) is 7.45. The number of amides is 2. The van der Waals surface area contributed by atoms with Crippen LogP contribution in [0.4, 0.5) is 10.5 Å². The number of pyridine rings is 1. The monoisotopic (exact) mass is 726 g/mol. The number of hydrogen-bond donors (Lipinski definition) is 2. The van der Waals surface area contributed by atoms with E-state index in [9.17, 15) is 19.5 Å². The maximum Gasteiger partial charge on any atom is 0.407 e. The van der Waals surface area contributed by atoms with Crippen molar-refractivity contribution < 1.29 is 29.0 Å². The fraction of sp³-hybridized carbons (Fsp3) is 0.385. The van der Waals surface area contributed by atoms with Crippen molar-refractivity contribution in [1.29, 1.82) is 0 Å². The second-order valence-corrected chi connectivity index (χ2v) is 14.4. The van der Waals surface area contributed by atoms with Crippen molar-refractivity contribution in [3.63, 3.8) is 0 Å². The van der Waals surface area contributed by atoms with Crippen molar-refractivity contribution in [2.75, 3.05) is 70.9 Å². The van der Waals surface area contributed by atoms with Crippen LogP contribution in [0.3, 0.4) is 0 Å². The molecular formula is C39H43ClN6O6. The average Bonchev–Trinajstić information content (AvgIpc) is 3.63. The fourth-order valence-electron chi connectivity index (χ4n) is 7.67. The number of nitrogens with zero attached hydrogens (tertiary/aromatic N) is 5. The number of allylic oxidation sites excluding steroid dienone is 1. The van der Waals surface area contributed by atoms with Gasteiger partial charge in [0.05, 0.1) is 18.7 Å². The van der Waals surface area contributed by atoms with Gasteiger partial charge in [0.2, 0.25) is 5.91 Å². The van der Waals surface area contributed by atoms with Gasteiger partial charge in [-0.15, -0.1) is 0 Å². The smallest absolute Gasteiger partial charge is 0.407 e. The number of nitrogens with one attached hydrogen (secondary N) is 1. The molecule has 3 aliphatic rings. The molecule has 0 radical (unpaired) electrons. The predicted molar refractivity (Wildman–Crippen MR) is 199 cm³/mol. The minimum absolute atomic E-state index is 0.104. The number of ether oxygens (including phenoxy) is 2. The molecule has 4 aromatic rings. The number of carboxylic acid groups (broad SMARTS) is 1. The predicted octanol–water partition coefficient (Wildman–Crippen LogP) is 6.38. The van der Waals surface area contributed by atoms with E-state index in [1.54, 1.807) is 12.3 Å². The van der Waals surface area contributed by atoms with Crippen LogP contribution in [-0.2, 0) is 9.53 Å². The Morgan fingerprint density at radius 2 is 1.67 bits per heavy atom. The summed E-state index contributed by atoms with van der Waals surface area (Å²) in [6, 6.07) is 17.3. The molecule has 52 heavy (non-hydrogen) atoms. The lowest BCUT2D eigenvalue weighted by Crippen LogP contribution is -2.54. The molecule has 2 N–H and O–H groups in total. The number of H-pyrrole nitrogens is 1. The van der Waals surface area contributed by atoms with Gasteiger partial charge in [0.1, 0.15) is 22.7 Å². The Kier molecular flexibility index (Phi) is 10.1. The van der Waals surface area contributed by atoms with Crippen molar-refractivity contribution in [2.45, 2.75) is 26.2 Å². The highest BCUT2D eigenvalue weighted by Crippen LogP contribution is 2.45. The van der Waals surface area contributed by atoms with Crippen LogP contribution < -0.4 is 9.64 Å². The molecular weight excluding hydrogens is 684 g/mol. The van der Waals surface area contributed by atoms with E-state index in [1.165, 1.54) is 23.2 Å². The number of anilines is 1. The third-order valence-electron chi connectivity index (χ3n) is 10.6. The van der Waals surface area contributed by atoms with Gasteiger partial charge in [0, 0.05) is 87.3 Å². The molecule has 2 saturated heterocycles. The van der Waals surface area contributed by atoms with E-state index >= 15 is 0 Å². The van der Waals surface area contributed by atoms with E-state index in [2.05, 4.69) is 38.8 Å². The summed E-state index contributed by atoms with van der Waals surface area (Å²) >= 11 is 6.25. The van der Waals surface area contributed by atoms with Gasteiger partial charge in [-0.2, -0.15) is 0 Å². The number of halogens is 1. The van der Waals surface area contributed by atoms with Gasteiger partial charge in [0.15, 0.2) is 0 Å². The number of aromatic nitrogens is 2. The SMILES string of the molecule is COC(=O)c1ccc(N2CCN(CC3=C(c4ccc(Cl)cc4)CCC(C)(C(=O)N4CCN(C(=O)O)CC4)C3)CC2)cc1Oc1cnc2[nH]ccc2c1. The zero-order valence-electron chi connectivity index (χ0n) is 29.4. The molecule has 13 heteroatoms. The van der Waals surface area contributed by atoms with Gasteiger partial charge in [-0.25, -0.2) is 14.6 Å². The highest BCUT2D eigenvalue weighted by Gasteiger charge is 2.42. The molecule has 2 aromatic carbocycles. The summed E-state index contributed by atoms with van der Waals surface area (Å²) in [5.74, 6) is 0.542. The molecule has 0 saturated carbocycles. The number of hydrogen-bond acceptors (Lipinski definition) is 8. The molecule has 1 unspecified atom stereocenters. The minimum Gasteiger partial charge on any atom is -0.465 e. The Balaban J connectivity index is 1.07. The molecule has 4 heterocycles. The quantitative estimate of drug-likeness (QED) is 0.199. The molecule has 7 rings (SSSR count). The molecule has 0 bridgehead atoms. The number of esters is 1.